The lowest BCUT2D eigenvalue weighted by atomic mass is 9.98. The van der Waals surface area contributed by atoms with Crippen LogP contribution in [0.15, 0.2) is 42.5 Å². The molecule has 1 atom stereocenters. The Morgan fingerprint density at radius 3 is 2.72 bits per heavy atom. The number of carbonyl (C=O) groups excluding carboxylic acids is 2. The summed E-state index contributed by atoms with van der Waals surface area (Å²) in [5.74, 6) is 0.636. The van der Waals surface area contributed by atoms with Crippen molar-refractivity contribution in [3.05, 3.63) is 59.2 Å². The van der Waals surface area contributed by atoms with E-state index in [1.54, 1.807) is 0 Å². The van der Waals surface area contributed by atoms with Gasteiger partial charge in [0.15, 0.2) is 0 Å². The first kappa shape index (κ1) is 19.5. The summed E-state index contributed by atoms with van der Waals surface area (Å²) in [6.07, 6.45) is 2.61. The number of likely N-dealkylation sites (tertiary alicyclic amines) is 1. The highest BCUT2D eigenvalue weighted by Gasteiger charge is 2.30. The molecular formula is C24H29N3O2. The van der Waals surface area contributed by atoms with Gasteiger partial charge in [0, 0.05) is 43.3 Å². The van der Waals surface area contributed by atoms with Gasteiger partial charge < -0.3 is 15.1 Å². The molecular weight excluding hydrogens is 362 g/mol. The minimum Gasteiger partial charge on any atom is -0.361 e. The molecule has 0 saturated carbocycles. The van der Waals surface area contributed by atoms with E-state index < -0.39 is 0 Å². The van der Waals surface area contributed by atoms with Gasteiger partial charge in [-0.2, -0.15) is 0 Å². The van der Waals surface area contributed by atoms with E-state index >= 15 is 0 Å². The fourth-order valence-electron chi connectivity index (χ4n) is 4.55. The predicted molar refractivity (Wildman–Crippen MR) is 116 cm³/mol. The molecule has 2 heterocycles. The molecule has 0 spiro atoms. The Hall–Kier alpha value is -2.82. The molecule has 2 aliphatic heterocycles. The normalized spacial score (nSPS) is 18.3. The Kier molecular flexibility index (Phi) is 5.56. The van der Waals surface area contributed by atoms with Gasteiger partial charge in [-0.25, -0.2) is 0 Å². The Labute approximate surface area is 172 Å². The van der Waals surface area contributed by atoms with Crippen LogP contribution < -0.4 is 10.2 Å². The van der Waals surface area contributed by atoms with Gasteiger partial charge in [0.1, 0.15) is 0 Å². The SMILES string of the molecule is Cc1ccc(NC(=O)CN2CC(CCN3CCCC3=O)c3ccccc32)c(C)c1. The first-order chi connectivity index (χ1) is 14.0. The molecule has 1 N–H and O–H groups in total. The van der Waals surface area contributed by atoms with Gasteiger partial charge in [-0.3, -0.25) is 9.59 Å². The van der Waals surface area contributed by atoms with Gasteiger partial charge in [-0.1, -0.05) is 35.9 Å². The highest BCUT2D eigenvalue weighted by molar-refractivity contribution is 5.95. The van der Waals surface area contributed by atoms with Gasteiger partial charge >= 0.3 is 0 Å². The molecule has 29 heavy (non-hydrogen) atoms. The van der Waals surface area contributed by atoms with E-state index in [2.05, 4.69) is 41.4 Å². The summed E-state index contributed by atoms with van der Waals surface area (Å²) >= 11 is 0. The van der Waals surface area contributed by atoms with E-state index in [1.165, 1.54) is 11.1 Å². The van der Waals surface area contributed by atoms with Crippen molar-refractivity contribution in [3.8, 4) is 0 Å². The van der Waals surface area contributed by atoms with E-state index in [0.29, 0.717) is 18.9 Å². The Balaban J connectivity index is 1.41. The van der Waals surface area contributed by atoms with Crippen LogP contribution >= 0.6 is 0 Å². The third-order valence-electron chi connectivity index (χ3n) is 6.07. The first-order valence-corrected chi connectivity index (χ1v) is 10.5. The van der Waals surface area contributed by atoms with Gasteiger partial charge in [0.25, 0.3) is 0 Å². The number of benzene rings is 2. The lowest BCUT2D eigenvalue weighted by Crippen LogP contribution is -2.33. The minimum atomic E-state index is 0.00197. The zero-order valence-corrected chi connectivity index (χ0v) is 17.3. The quantitative estimate of drug-likeness (QED) is 0.814. The molecule has 0 aromatic heterocycles. The van der Waals surface area contributed by atoms with Crippen LogP contribution in [0.4, 0.5) is 11.4 Å². The fourth-order valence-corrected chi connectivity index (χ4v) is 4.55. The van der Waals surface area contributed by atoms with Crippen LogP contribution in [0.3, 0.4) is 0 Å². The highest BCUT2D eigenvalue weighted by atomic mass is 16.2. The van der Waals surface area contributed by atoms with E-state index in [9.17, 15) is 9.59 Å². The maximum atomic E-state index is 12.7. The summed E-state index contributed by atoms with van der Waals surface area (Å²) in [6, 6.07) is 14.4. The molecule has 2 amide bonds. The van der Waals surface area contributed by atoms with Crippen molar-refractivity contribution in [1.82, 2.24) is 4.90 Å². The number of amides is 2. The number of nitrogens with zero attached hydrogens (tertiary/aromatic N) is 2. The number of para-hydroxylation sites is 1. The maximum absolute atomic E-state index is 12.7. The summed E-state index contributed by atoms with van der Waals surface area (Å²) in [7, 11) is 0. The standard InChI is InChI=1S/C24H29N3O2/c1-17-9-10-21(18(2)14-17)25-23(28)16-27-15-19(20-6-3-4-7-22(20)27)11-13-26-12-5-8-24(26)29/h3-4,6-7,9-10,14,19H,5,8,11-13,15-16H2,1-2H3,(H,25,28). The first-order valence-electron chi connectivity index (χ1n) is 10.5. The van der Waals surface area contributed by atoms with Crippen LogP contribution in [0.25, 0.3) is 0 Å². The van der Waals surface area contributed by atoms with E-state index in [1.807, 2.05) is 30.0 Å². The third-order valence-corrected chi connectivity index (χ3v) is 6.07. The molecule has 5 nitrogen and oxygen atoms in total. The number of anilines is 2. The number of carbonyl (C=O) groups is 2. The van der Waals surface area contributed by atoms with Gasteiger partial charge in [-0.15, -0.1) is 0 Å². The van der Waals surface area contributed by atoms with Crippen LogP contribution in [0.2, 0.25) is 0 Å². The zero-order chi connectivity index (χ0) is 20.4. The number of hydrogen-bond acceptors (Lipinski definition) is 3. The van der Waals surface area contributed by atoms with E-state index in [-0.39, 0.29) is 11.8 Å². The third kappa shape index (κ3) is 4.29. The minimum absolute atomic E-state index is 0.00197. The Bertz CT molecular complexity index is 924. The molecule has 152 valence electrons. The van der Waals surface area contributed by atoms with Crippen LogP contribution in [-0.4, -0.2) is 42.9 Å². The molecule has 4 rings (SSSR count). The fraction of sp³-hybridized carbons (Fsp3) is 0.417. The van der Waals surface area contributed by atoms with Crippen molar-refractivity contribution in [2.75, 3.05) is 36.4 Å². The lowest BCUT2D eigenvalue weighted by molar-refractivity contribution is -0.127. The average Bonchev–Trinajstić information content (AvgIpc) is 3.26. The summed E-state index contributed by atoms with van der Waals surface area (Å²) in [4.78, 5) is 28.8. The van der Waals surface area contributed by atoms with Crippen LogP contribution in [0, 0.1) is 13.8 Å². The van der Waals surface area contributed by atoms with Crippen molar-refractivity contribution >= 4 is 23.2 Å². The molecule has 1 unspecified atom stereocenters. The Morgan fingerprint density at radius 1 is 1.14 bits per heavy atom. The second-order valence-corrected chi connectivity index (χ2v) is 8.28. The monoisotopic (exact) mass is 391 g/mol. The second-order valence-electron chi connectivity index (χ2n) is 8.28. The van der Waals surface area contributed by atoms with Gasteiger partial charge in [0.05, 0.1) is 6.54 Å². The van der Waals surface area contributed by atoms with Gasteiger partial charge in [0.2, 0.25) is 11.8 Å². The molecule has 2 aromatic rings. The summed E-state index contributed by atoms with van der Waals surface area (Å²) in [6.45, 7) is 6.92. The molecule has 0 radical (unpaired) electrons. The largest absolute Gasteiger partial charge is 0.361 e. The van der Waals surface area contributed by atoms with Crippen molar-refractivity contribution in [3.63, 3.8) is 0 Å². The summed E-state index contributed by atoms with van der Waals surface area (Å²) in [5, 5.41) is 3.06. The van der Waals surface area contributed by atoms with Crippen LogP contribution in [-0.2, 0) is 9.59 Å². The number of aryl methyl sites for hydroxylation is 2. The van der Waals surface area contributed by atoms with E-state index in [4.69, 9.17) is 0 Å². The number of fused-ring (bicyclic) bond motifs is 1. The molecule has 2 aromatic carbocycles. The number of hydrogen-bond donors (Lipinski definition) is 1. The van der Waals surface area contributed by atoms with Gasteiger partial charge in [-0.05, 0) is 49.9 Å². The number of nitrogens with one attached hydrogen (secondary N) is 1. The highest BCUT2D eigenvalue weighted by Crippen LogP contribution is 2.38. The molecule has 0 bridgehead atoms. The van der Waals surface area contributed by atoms with Crippen molar-refractivity contribution in [1.29, 1.82) is 0 Å². The predicted octanol–water partition coefficient (Wildman–Crippen LogP) is 3.86. The van der Waals surface area contributed by atoms with E-state index in [0.717, 1.165) is 49.4 Å². The summed E-state index contributed by atoms with van der Waals surface area (Å²) < 4.78 is 0. The molecule has 0 aliphatic carbocycles. The van der Waals surface area contributed by atoms with Crippen LogP contribution in [0.5, 0.6) is 0 Å². The van der Waals surface area contributed by atoms with Crippen molar-refractivity contribution in [2.24, 2.45) is 0 Å². The smallest absolute Gasteiger partial charge is 0.243 e. The van der Waals surface area contributed by atoms with Crippen LogP contribution in [0.1, 0.15) is 41.9 Å². The zero-order valence-electron chi connectivity index (χ0n) is 17.3. The molecule has 5 heteroatoms. The van der Waals surface area contributed by atoms with Crippen molar-refractivity contribution < 1.29 is 9.59 Å². The topological polar surface area (TPSA) is 52.7 Å². The van der Waals surface area contributed by atoms with Crippen molar-refractivity contribution in [2.45, 2.75) is 39.0 Å². The maximum Gasteiger partial charge on any atom is 0.243 e. The number of rotatable bonds is 6. The second kappa shape index (κ2) is 8.27. The molecule has 2 aliphatic rings. The molecule has 1 saturated heterocycles. The average molecular weight is 392 g/mol. The Morgan fingerprint density at radius 2 is 1.97 bits per heavy atom. The molecule has 1 fully saturated rings. The lowest BCUT2D eigenvalue weighted by Gasteiger charge is -2.21. The summed E-state index contributed by atoms with van der Waals surface area (Å²) in [5.41, 5.74) is 5.57.